The van der Waals surface area contributed by atoms with Crippen LogP contribution in [0.25, 0.3) is 11.1 Å². The molecule has 1 aliphatic heterocycles. The monoisotopic (exact) mass is 453 g/mol. The van der Waals surface area contributed by atoms with Crippen LogP contribution in [0.1, 0.15) is 61.7 Å². The van der Waals surface area contributed by atoms with Crippen LogP contribution in [0.2, 0.25) is 5.02 Å². The largest absolute Gasteiger partial charge is 0.460 e. The van der Waals surface area contributed by atoms with Crippen molar-refractivity contribution in [1.82, 2.24) is 9.88 Å². The van der Waals surface area contributed by atoms with Crippen molar-refractivity contribution in [3.05, 3.63) is 52.9 Å². The van der Waals surface area contributed by atoms with E-state index in [1.165, 1.54) is 12.8 Å². The molecular weight excluding hydrogens is 426 g/mol. The molecule has 0 saturated heterocycles. The molecule has 1 aliphatic carbocycles. The van der Waals surface area contributed by atoms with Gasteiger partial charge in [0.05, 0.1) is 12.1 Å². The molecule has 1 unspecified atom stereocenters. The number of anilines is 1. The number of carbonyl (C=O) groups excluding carboxylic acids is 2. The van der Waals surface area contributed by atoms with Crippen molar-refractivity contribution in [2.75, 3.05) is 4.90 Å². The lowest BCUT2D eigenvalue weighted by atomic mass is 9.92. The topological polar surface area (TPSA) is 67.5 Å². The van der Waals surface area contributed by atoms with Crippen LogP contribution in [0, 0.1) is 6.92 Å². The zero-order valence-electron chi connectivity index (χ0n) is 18.5. The number of fused-ring (bicyclic) bond motifs is 3. The van der Waals surface area contributed by atoms with Gasteiger partial charge >= 0.3 is 0 Å². The summed E-state index contributed by atoms with van der Waals surface area (Å²) in [4.78, 5) is 29.2. The molecule has 1 saturated carbocycles. The van der Waals surface area contributed by atoms with Gasteiger partial charge in [0.15, 0.2) is 5.58 Å². The van der Waals surface area contributed by atoms with Crippen molar-refractivity contribution in [3.8, 4) is 0 Å². The number of hydrogen-bond donors (Lipinski definition) is 1. The minimum Gasteiger partial charge on any atom is -0.460 e. The first-order valence-electron chi connectivity index (χ1n) is 11.4. The second kappa shape index (κ2) is 8.00. The molecular formula is C25H28ClN3O3. The van der Waals surface area contributed by atoms with Crippen LogP contribution in [-0.4, -0.2) is 28.0 Å². The van der Waals surface area contributed by atoms with Gasteiger partial charge in [0, 0.05) is 28.9 Å². The van der Waals surface area contributed by atoms with Crippen LogP contribution < -0.4 is 10.2 Å². The van der Waals surface area contributed by atoms with E-state index < -0.39 is 5.54 Å². The molecule has 2 aromatic heterocycles. The molecule has 2 aliphatic rings. The van der Waals surface area contributed by atoms with Crippen molar-refractivity contribution in [2.45, 2.75) is 70.5 Å². The summed E-state index contributed by atoms with van der Waals surface area (Å²) < 4.78 is 7.70. The third-order valence-electron chi connectivity index (χ3n) is 6.84. The summed E-state index contributed by atoms with van der Waals surface area (Å²) in [6.07, 6.45) is 6.62. The number of nitrogens with zero attached hydrogens (tertiary/aromatic N) is 2. The van der Waals surface area contributed by atoms with Gasteiger partial charge in [-0.2, -0.15) is 0 Å². The summed E-state index contributed by atoms with van der Waals surface area (Å²) >= 11 is 6.26. The summed E-state index contributed by atoms with van der Waals surface area (Å²) in [6, 6.07) is 11.0. The van der Waals surface area contributed by atoms with Gasteiger partial charge in [0.2, 0.25) is 5.91 Å². The predicted molar refractivity (Wildman–Crippen MR) is 125 cm³/mol. The predicted octanol–water partition coefficient (Wildman–Crippen LogP) is 5.45. The zero-order chi connectivity index (χ0) is 22.5. The fourth-order valence-electron chi connectivity index (χ4n) is 5.19. The van der Waals surface area contributed by atoms with E-state index in [9.17, 15) is 9.59 Å². The fourth-order valence-corrected chi connectivity index (χ4v) is 5.37. The maximum atomic E-state index is 13.8. The van der Waals surface area contributed by atoms with Crippen molar-refractivity contribution >= 4 is 40.2 Å². The highest BCUT2D eigenvalue weighted by Crippen LogP contribution is 2.37. The highest BCUT2D eigenvalue weighted by atomic mass is 35.5. The van der Waals surface area contributed by atoms with E-state index in [-0.39, 0.29) is 17.9 Å². The van der Waals surface area contributed by atoms with E-state index in [2.05, 4.69) is 5.32 Å². The first-order valence-corrected chi connectivity index (χ1v) is 11.8. The second-order valence-electron chi connectivity index (χ2n) is 9.28. The molecule has 3 aromatic rings. The number of hydrogen-bond acceptors (Lipinski definition) is 3. The van der Waals surface area contributed by atoms with E-state index in [0.29, 0.717) is 28.5 Å². The Morgan fingerprint density at radius 3 is 2.62 bits per heavy atom. The Morgan fingerprint density at radius 1 is 1.16 bits per heavy atom. The van der Waals surface area contributed by atoms with Crippen LogP contribution in [0.5, 0.6) is 0 Å². The molecule has 32 heavy (non-hydrogen) atoms. The summed E-state index contributed by atoms with van der Waals surface area (Å²) in [6.45, 7) is 4.06. The Kier molecular flexibility index (Phi) is 5.28. The summed E-state index contributed by atoms with van der Waals surface area (Å²) in [7, 11) is 0. The number of carbonyl (C=O) groups is 2. The van der Waals surface area contributed by atoms with Crippen LogP contribution in [0.15, 0.2) is 40.8 Å². The molecule has 1 atom stereocenters. The van der Waals surface area contributed by atoms with Crippen LogP contribution in [0.4, 0.5) is 5.69 Å². The van der Waals surface area contributed by atoms with Crippen LogP contribution in [-0.2, 0) is 11.3 Å². The van der Waals surface area contributed by atoms with E-state index in [1.54, 1.807) is 29.2 Å². The van der Waals surface area contributed by atoms with Crippen LogP contribution >= 0.6 is 11.6 Å². The van der Waals surface area contributed by atoms with Crippen molar-refractivity contribution < 1.29 is 14.0 Å². The van der Waals surface area contributed by atoms with Gasteiger partial charge in [-0.3, -0.25) is 14.5 Å². The number of amides is 2. The van der Waals surface area contributed by atoms with Crippen LogP contribution in [0.3, 0.4) is 0 Å². The smallest absolute Gasteiger partial charge is 0.276 e. The Hall–Kier alpha value is -2.73. The van der Waals surface area contributed by atoms with Gasteiger partial charge < -0.3 is 14.3 Å². The van der Waals surface area contributed by atoms with Crippen molar-refractivity contribution in [1.29, 1.82) is 0 Å². The zero-order valence-corrected chi connectivity index (χ0v) is 19.2. The Morgan fingerprint density at radius 2 is 1.91 bits per heavy atom. The molecule has 1 N–H and O–H groups in total. The number of aromatic nitrogens is 1. The maximum absolute atomic E-state index is 13.8. The Balaban J connectivity index is 1.59. The molecule has 0 spiro atoms. The van der Waals surface area contributed by atoms with Gasteiger partial charge in [-0.25, -0.2) is 0 Å². The van der Waals surface area contributed by atoms with Gasteiger partial charge in [-0.1, -0.05) is 43.4 Å². The number of furan rings is 1. The molecule has 168 valence electrons. The van der Waals surface area contributed by atoms with Crippen molar-refractivity contribution in [3.63, 3.8) is 0 Å². The normalized spacial score (nSPS) is 22.1. The molecule has 0 radical (unpaired) electrons. The fraction of sp³-hybridized carbons (Fsp3) is 0.440. The Labute approximate surface area is 192 Å². The van der Waals surface area contributed by atoms with E-state index in [0.717, 1.165) is 37.0 Å². The molecule has 6 nitrogen and oxygen atoms in total. The van der Waals surface area contributed by atoms with E-state index in [4.69, 9.17) is 16.0 Å². The Bertz CT molecular complexity index is 1190. The maximum Gasteiger partial charge on any atom is 0.276 e. The lowest BCUT2D eigenvalue weighted by Gasteiger charge is -2.44. The molecule has 1 fully saturated rings. The average Bonchev–Trinajstić information content (AvgIpc) is 3.14. The second-order valence-corrected chi connectivity index (χ2v) is 9.71. The van der Waals surface area contributed by atoms with Gasteiger partial charge in [-0.05, 0) is 44.9 Å². The number of nitrogens with one attached hydrogen (secondary N) is 1. The third kappa shape index (κ3) is 3.51. The molecule has 3 heterocycles. The average molecular weight is 454 g/mol. The highest BCUT2D eigenvalue weighted by Gasteiger charge is 2.49. The summed E-state index contributed by atoms with van der Waals surface area (Å²) in [5.74, 6) is 0.408. The molecule has 0 bridgehead atoms. The molecule has 2 amide bonds. The van der Waals surface area contributed by atoms with Gasteiger partial charge in [0.25, 0.3) is 5.91 Å². The lowest BCUT2D eigenvalue weighted by Crippen LogP contribution is -2.65. The number of rotatable bonds is 3. The van der Waals surface area contributed by atoms with Crippen molar-refractivity contribution in [2.24, 2.45) is 0 Å². The van der Waals surface area contributed by atoms with Gasteiger partial charge in [0.1, 0.15) is 17.0 Å². The molecule has 1 aromatic carbocycles. The molecule has 5 rings (SSSR count). The minimum absolute atomic E-state index is 0.134. The summed E-state index contributed by atoms with van der Waals surface area (Å²) in [5.41, 5.74) is 1.51. The first-order chi connectivity index (χ1) is 15.4. The standard InChI is InChI=1S/C25H28ClN3O3/c1-16-12-20-22(32-16)14-21-23(30)29(19-11-7-8-17(26)13-19)25(2,15-28(20)21)24(31)27-18-9-5-3-4-6-10-18/h7-8,11-14,18H,3-6,9-10,15H2,1-2H3,(H,27,31). The lowest BCUT2D eigenvalue weighted by molar-refractivity contribution is -0.127. The van der Waals surface area contributed by atoms with E-state index in [1.807, 2.05) is 30.5 Å². The number of aryl methyl sites for hydroxylation is 1. The highest BCUT2D eigenvalue weighted by molar-refractivity contribution is 6.31. The minimum atomic E-state index is -1.11. The van der Waals surface area contributed by atoms with Gasteiger partial charge in [-0.15, -0.1) is 0 Å². The number of halogens is 1. The van der Waals surface area contributed by atoms with E-state index >= 15 is 0 Å². The summed E-state index contributed by atoms with van der Waals surface area (Å²) in [5, 5.41) is 3.80. The quantitative estimate of drug-likeness (QED) is 0.536. The molecule has 7 heteroatoms. The number of benzene rings is 1. The first kappa shape index (κ1) is 21.1. The SMILES string of the molecule is Cc1cc2c(cc3n2CC(C)(C(=O)NC2CCCCCC2)N(c2cccc(Cl)c2)C3=O)o1. The third-order valence-corrected chi connectivity index (χ3v) is 7.08.